The molecule has 0 bridgehead atoms. The molecule has 0 aliphatic heterocycles. The van der Waals surface area contributed by atoms with Gasteiger partial charge in [-0.15, -0.1) is 0 Å². The number of sulfone groups is 1. The summed E-state index contributed by atoms with van der Waals surface area (Å²) >= 11 is 0. The molecule has 0 fully saturated rings. The molecule has 0 radical (unpaired) electrons. The third-order valence-electron chi connectivity index (χ3n) is 5.48. The molecule has 0 spiro atoms. The number of ketones is 1. The highest BCUT2D eigenvalue weighted by Crippen LogP contribution is 2.34. The van der Waals surface area contributed by atoms with Gasteiger partial charge in [-0.1, -0.05) is 19.1 Å². The fourth-order valence-corrected chi connectivity index (χ4v) is 4.43. The van der Waals surface area contributed by atoms with Crippen LogP contribution >= 0.6 is 0 Å². The maximum Gasteiger partial charge on any atom is 0.412 e. The van der Waals surface area contributed by atoms with Crippen molar-refractivity contribution in [2.45, 2.75) is 19.6 Å². The van der Waals surface area contributed by atoms with Gasteiger partial charge in [0, 0.05) is 48.8 Å². The summed E-state index contributed by atoms with van der Waals surface area (Å²) in [6.45, 7) is 3.14. The molecule has 0 aliphatic carbocycles. The van der Waals surface area contributed by atoms with Gasteiger partial charge in [0.05, 0.1) is 5.75 Å². The summed E-state index contributed by atoms with van der Waals surface area (Å²) < 4.78 is 44.7. The molecule has 0 atom stereocenters. The first-order valence-corrected chi connectivity index (χ1v) is 12.5. The van der Waals surface area contributed by atoms with Gasteiger partial charge in [-0.05, 0) is 47.9 Å². The Kier molecular flexibility index (Phi) is 7.54. The zero-order chi connectivity index (χ0) is 25.9. The number of nitrogens with one attached hydrogen (secondary N) is 1. The van der Waals surface area contributed by atoms with Gasteiger partial charge in [-0.25, -0.2) is 17.6 Å². The van der Waals surface area contributed by atoms with Crippen molar-refractivity contribution in [3.8, 4) is 16.9 Å². The van der Waals surface area contributed by atoms with Crippen molar-refractivity contribution in [3.63, 3.8) is 0 Å². The van der Waals surface area contributed by atoms with E-state index in [2.05, 4.69) is 5.32 Å². The second-order valence-electron chi connectivity index (χ2n) is 7.98. The highest BCUT2D eigenvalue weighted by molar-refractivity contribution is 7.90. The fourth-order valence-electron chi connectivity index (χ4n) is 3.54. The zero-order valence-electron chi connectivity index (χ0n) is 19.7. The van der Waals surface area contributed by atoms with Crippen LogP contribution in [0.1, 0.15) is 34.0 Å². The van der Waals surface area contributed by atoms with Gasteiger partial charge in [0.1, 0.15) is 11.6 Å². The van der Waals surface area contributed by atoms with Crippen LogP contribution in [0.15, 0.2) is 53.5 Å². The number of hydrogen-bond acceptors (Lipinski definition) is 6. The minimum Gasteiger partial charge on any atom is -0.409 e. The number of aromatic nitrogens is 1. The summed E-state index contributed by atoms with van der Waals surface area (Å²) in [6.07, 6.45) is 0.578. The van der Waals surface area contributed by atoms with Crippen molar-refractivity contribution >= 4 is 21.7 Å². The van der Waals surface area contributed by atoms with E-state index in [0.29, 0.717) is 11.1 Å². The molecule has 0 saturated heterocycles. The number of rotatable bonds is 7. The molecule has 35 heavy (non-hydrogen) atoms. The third-order valence-corrected chi connectivity index (χ3v) is 7.13. The number of nitrogens with zero attached hydrogens (tertiary/aromatic N) is 1. The second-order valence-corrected chi connectivity index (χ2v) is 10.3. The molecule has 3 aromatic rings. The fraction of sp³-hybridized carbons (Fsp3) is 0.240. The maximum absolute atomic E-state index is 13.6. The number of carbonyl (C=O) groups is 2. The summed E-state index contributed by atoms with van der Waals surface area (Å²) in [7, 11) is -0.548. The Morgan fingerprint density at radius 2 is 1.74 bits per heavy atom. The number of amides is 1. The van der Waals surface area contributed by atoms with Crippen molar-refractivity contribution in [1.82, 2.24) is 9.88 Å². The number of benzene rings is 2. The van der Waals surface area contributed by atoms with Gasteiger partial charge in [-0.3, -0.25) is 9.59 Å². The SMILES string of the molecule is CCS(=O)(=O)Cc1ccc(C(=O)c2ccc(F)cc2C)c(-c2cn(C)c(=O)cc2OC(=O)NC)c1. The van der Waals surface area contributed by atoms with Crippen molar-refractivity contribution in [1.29, 1.82) is 0 Å². The molecular weight excluding hydrogens is 475 g/mol. The number of aryl methyl sites for hydroxylation is 2. The topological polar surface area (TPSA) is 112 Å². The van der Waals surface area contributed by atoms with Crippen molar-refractivity contribution < 1.29 is 27.1 Å². The number of pyridine rings is 1. The molecule has 10 heteroatoms. The highest BCUT2D eigenvalue weighted by Gasteiger charge is 2.22. The van der Waals surface area contributed by atoms with E-state index < -0.39 is 33.1 Å². The van der Waals surface area contributed by atoms with E-state index in [9.17, 15) is 27.2 Å². The van der Waals surface area contributed by atoms with Gasteiger partial charge < -0.3 is 14.6 Å². The Labute approximate surface area is 202 Å². The molecule has 0 saturated carbocycles. The number of hydrogen-bond donors (Lipinski definition) is 1. The molecule has 184 valence electrons. The molecule has 1 aromatic heterocycles. The van der Waals surface area contributed by atoms with E-state index in [1.54, 1.807) is 6.92 Å². The quantitative estimate of drug-likeness (QED) is 0.498. The average molecular weight is 501 g/mol. The third kappa shape index (κ3) is 5.83. The van der Waals surface area contributed by atoms with Crippen molar-refractivity contribution in [2.24, 2.45) is 7.05 Å². The lowest BCUT2D eigenvalue weighted by Crippen LogP contribution is -2.24. The van der Waals surface area contributed by atoms with Crippen LogP contribution in [0.25, 0.3) is 11.1 Å². The Hall–Kier alpha value is -3.79. The van der Waals surface area contributed by atoms with Crippen LogP contribution in [0.5, 0.6) is 5.75 Å². The van der Waals surface area contributed by atoms with Crippen LogP contribution in [0.4, 0.5) is 9.18 Å². The molecular formula is C25H25FN2O6S. The predicted octanol–water partition coefficient (Wildman–Crippen LogP) is 3.38. The van der Waals surface area contributed by atoms with E-state index in [0.717, 1.165) is 6.07 Å². The first-order valence-electron chi connectivity index (χ1n) is 10.7. The normalized spacial score (nSPS) is 11.2. The maximum atomic E-state index is 13.6. The highest BCUT2D eigenvalue weighted by atomic mass is 32.2. The van der Waals surface area contributed by atoms with Crippen molar-refractivity contribution in [3.05, 3.63) is 87.1 Å². The summed E-state index contributed by atoms with van der Waals surface area (Å²) in [5.74, 6) is -1.37. The van der Waals surface area contributed by atoms with Crippen LogP contribution < -0.4 is 15.6 Å². The Bertz CT molecular complexity index is 1480. The van der Waals surface area contributed by atoms with E-state index in [1.165, 1.54) is 68.2 Å². The summed E-state index contributed by atoms with van der Waals surface area (Å²) in [4.78, 5) is 37.8. The van der Waals surface area contributed by atoms with E-state index >= 15 is 0 Å². The molecule has 3 rings (SSSR count). The van der Waals surface area contributed by atoms with Crippen LogP contribution in [-0.2, 0) is 22.6 Å². The van der Waals surface area contributed by atoms with Crippen LogP contribution in [0, 0.1) is 12.7 Å². The number of halogens is 1. The minimum absolute atomic E-state index is 0.0668. The Morgan fingerprint density at radius 1 is 1.06 bits per heavy atom. The molecule has 0 aliphatic rings. The van der Waals surface area contributed by atoms with Crippen LogP contribution in [0.3, 0.4) is 0 Å². The first-order chi connectivity index (χ1) is 16.5. The average Bonchev–Trinajstić information content (AvgIpc) is 2.80. The zero-order valence-corrected chi connectivity index (χ0v) is 20.5. The van der Waals surface area contributed by atoms with Crippen LogP contribution in [0.2, 0.25) is 0 Å². The molecule has 1 N–H and O–H groups in total. The summed E-state index contributed by atoms with van der Waals surface area (Å²) in [5, 5.41) is 2.30. The van der Waals surface area contributed by atoms with Crippen LogP contribution in [-0.4, -0.2) is 37.7 Å². The summed E-state index contributed by atoms with van der Waals surface area (Å²) in [6, 6.07) is 9.43. The smallest absolute Gasteiger partial charge is 0.409 e. The molecule has 2 aromatic carbocycles. The number of carbonyl (C=O) groups excluding carboxylic acids is 2. The molecule has 0 unspecified atom stereocenters. The Morgan fingerprint density at radius 3 is 2.37 bits per heavy atom. The van der Waals surface area contributed by atoms with Gasteiger partial charge in [0.25, 0.3) is 5.56 Å². The van der Waals surface area contributed by atoms with E-state index in [-0.39, 0.29) is 39.5 Å². The lowest BCUT2D eigenvalue weighted by atomic mass is 9.91. The molecule has 1 amide bonds. The lowest BCUT2D eigenvalue weighted by molar-refractivity contribution is 0.103. The van der Waals surface area contributed by atoms with Gasteiger partial charge in [0.2, 0.25) is 0 Å². The standard InChI is InChI=1S/C25H25FN2O6S/c1-5-35(32,33)14-16-6-8-19(24(30)18-9-7-17(26)10-15(18)2)20(11-16)21-13-28(4)23(29)12-22(21)34-25(31)27-3/h6-13H,5,14H2,1-4H3,(H,27,31). The van der Waals surface area contributed by atoms with Gasteiger partial charge in [-0.2, -0.15) is 0 Å². The van der Waals surface area contributed by atoms with Gasteiger partial charge >= 0.3 is 6.09 Å². The molecule has 1 heterocycles. The monoisotopic (exact) mass is 500 g/mol. The minimum atomic E-state index is -3.39. The summed E-state index contributed by atoms with van der Waals surface area (Å²) in [5.41, 5.74) is 1.28. The largest absolute Gasteiger partial charge is 0.412 e. The lowest BCUT2D eigenvalue weighted by Gasteiger charge is -2.16. The predicted molar refractivity (Wildman–Crippen MR) is 130 cm³/mol. The van der Waals surface area contributed by atoms with Crippen molar-refractivity contribution in [2.75, 3.05) is 12.8 Å². The second kappa shape index (κ2) is 10.2. The van der Waals surface area contributed by atoms with E-state index in [1.807, 2.05) is 0 Å². The van der Waals surface area contributed by atoms with Gasteiger partial charge in [0.15, 0.2) is 15.6 Å². The number of ether oxygens (including phenoxy) is 1. The molecule has 8 nitrogen and oxygen atoms in total. The Balaban J connectivity index is 2.30. The first kappa shape index (κ1) is 25.8. The van der Waals surface area contributed by atoms with E-state index in [4.69, 9.17) is 4.74 Å².